The van der Waals surface area contributed by atoms with Crippen molar-refractivity contribution in [3.8, 4) is 5.75 Å². The smallest absolute Gasteiger partial charge is 0.264 e. The molecule has 28 heavy (non-hydrogen) atoms. The molecular weight excluding hydrogens is 394 g/mol. The highest BCUT2D eigenvalue weighted by Crippen LogP contribution is 2.25. The summed E-state index contributed by atoms with van der Waals surface area (Å²) >= 11 is 2.79. The van der Waals surface area contributed by atoms with E-state index in [0.29, 0.717) is 22.0 Å². The van der Waals surface area contributed by atoms with Gasteiger partial charge in [0.25, 0.3) is 5.91 Å². The molecule has 0 aliphatic carbocycles. The van der Waals surface area contributed by atoms with Crippen molar-refractivity contribution in [2.24, 2.45) is 0 Å². The highest BCUT2D eigenvalue weighted by atomic mass is 32.2. The Morgan fingerprint density at radius 3 is 2.50 bits per heavy atom. The molecule has 0 spiro atoms. The number of ether oxygens (including phenoxy) is 1. The predicted molar refractivity (Wildman–Crippen MR) is 111 cm³/mol. The van der Waals surface area contributed by atoms with Gasteiger partial charge in [-0.3, -0.25) is 14.9 Å². The molecule has 0 atom stereocenters. The first-order valence-electron chi connectivity index (χ1n) is 8.35. The van der Waals surface area contributed by atoms with Gasteiger partial charge in [-0.05, 0) is 24.3 Å². The third kappa shape index (κ3) is 5.51. The lowest BCUT2D eigenvalue weighted by Gasteiger charge is -2.07. The van der Waals surface area contributed by atoms with Gasteiger partial charge in [0.15, 0.2) is 16.7 Å². The van der Waals surface area contributed by atoms with Crippen LogP contribution in [0.3, 0.4) is 0 Å². The van der Waals surface area contributed by atoms with Gasteiger partial charge in [0.1, 0.15) is 5.75 Å². The fraction of sp³-hybridized carbons (Fsp3) is 0.100. The molecule has 3 rings (SSSR count). The molecule has 0 saturated carbocycles. The highest BCUT2D eigenvalue weighted by Gasteiger charge is 2.11. The standard InChI is InChI=1S/C20H17N3O3S2/c1-2-12-27-20-23-22-19(28-20)21-17(24)13-26-16-10-8-15(9-11-16)18(25)14-6-4-3-5-7-14/h2-11H,1,12-13H2,(H,21,22,24). The van der Waals surface area contributed by atoms with Crippen LogP contribution in [0.5, 0.6) is 5.75 Å². The summed E-state index contributed by atoms with van der Waals surface area (Å²) in [5.41, 5.74) is 1.18. The number of nitrogens with one attached hydrogen (secondary N) is 1. The Hall–Kier alpha value is -2.97. The van der Waals surface area contributed by atoms with Crippen molar-refractivity contribution in [3.63, 3.8) is 0 Å². The molecule has 0 unspecified atom stereocenters. The minimum Gasteiger partial charge on any atom is -0.484 e. The molecule has 1 heterocycles. The maximum atomic E-state index is 12.4. The minimum absolute atomic E-state index is 0.0636. The van der Waals surface area contributed by atoms with Gasteiger partial charge in [-0.2, -0.15) is 0 Å². The second-order valence-corrected chi connectivity index (χ2v) is 7.77. The predicted octanol–water partition coefficient (Wildman–Crippen LogP) is 4.06. The van der Waals surface area contributed by atoms with Gasteiger partial charge in [0.05, 0.1) is 0 Å². The Labute approximate surface area is 170 Å². The minimum atomic E-state index is -0.333. The number of aromatic nitrogens is 2. The van der Waals surface area contributed by atoms with Gasteiger partial charge in [-0.25, -0.2) is 0 Å². The summed E-state index contributed by atoms with van der Waals surface area (Å²) in [7, 11) is 0. The summed E-state index contributed by atoms with van der Waals surface area (Å²) in [5.74, 6) is 0.834. The summed E-state index contributed by atoms with van der Waals surface area (Å²) < 4.78 is 6.23. The van der Waals surface area contributed by atoms with Crippen LogP contribution in [0.2, 0.25) is 0 Å². The molecule has 0 aliphatic rings. The van der Waals surface area contributed by atoms with Crippen LogP contribution in [0, 0.1) is 0 Å². The molecule has 3 aromatic rings. The first kappa shape index (κ1) is 19.8. The number of nitrogens with zero attached hydrogens (tertiary/aromatic N) is 2. The molecule has 8 heteroatoms. The van der Waals surface area contributed by atoms with Crippen molar-refractivity contribution in [2.75, 3.05) is 17.7 Å². The second kappa shape index (κ2) is 9.82. The van der Waals surface area contributed by atoms with E-state index in [4.69, 9.17) is 4.74 Å². The molecule has 2 aromatic carbocycles. The maximum absolute atomic E-state index is 12.4. The average Bonchev–Trinajstić information content (AvgIpc) is 3.18. The van der Waals surface area contributed by atoms with Crippen molar-refractivity contribution in [1.82, 2.24) is 10.2 Å². The Morgan fingerprint density at radius 2 is 1.79 bits per heavy atom. The lowest BCUT2D eigenvalue weighted by atomic mass is 10.0. The summed E-state index contributed by atoms with van der Waals surface area (Å²) in [6.45, 7) is 3.48. The fourth-order valence-electron chi connectivity index (χ4n) is 2.21. The van der Waals surface area contributed by atoms with E-state index in [9.17, 15) is 9.59 Å². The van der Waals surface area contributed by atoms with E-state index < -0.39 is 0 Å². The van der Waals surface area contributed by atoms with Crippen LogP contribution >= 0.6 is 23.1 Å². The first-order valence-corrected chi connectivity index (χ1v) is 10.2. The molecule has 1 aromatic heterocycles. The normalized spacial score (nSPS) is 10.3. The summed E-state index contributed by atoms with van der Waals surface area (Å²) in [6, 6.07) is 15.7. The summed E-state index contributed by atoms with van der Waals surface area (Å²) in [5, 5.41) is 11.0. The number of hydrogen-bond donors (Lipinski definition) is 1. The number of ketones is 1. The van der Waals surface area contributed by atoms with Crippen molar-refractivity contribution in [1.29, 1.82) is 0 Å². The number of hydrogen-bond acceptors (Lipinski definition) is 7. The maximum Gasteiger partial charge on any atom is 0.264 e. The lowest BCUT2D eigenvalue weighted by Crippen LogP contribution is -2.20. The molecule has 0 fully saturated rings. The molecule has 0 radical (unpaired) electrons. The van der Waals surface area contributed by atoms with E-state index in [1.165, 1.54) is 23.1 Å². The zero-order valence-electron chi connectivity index (χ0n) is 14.8. The molecule has 1 N–H and O–H groups in total. The van der Waals surface area contributed by atoms with Crippen LogP contribution in [0.4, 0.5) is 5.13 Å². The molecule has 1 amide bonds. The molecule has 0 aliphatic heterocycles. The molecular formula is C20H17N3O3S2. The summed E-state index contributed by atoms with van der Waals surface area (Å²) in [4.78, 5) is 24.4. The number of carbonyl (C=O) groups is 2. The van der Waals surface area contributed by atoms with E-state index in [1.54, 1.807) is 42.5 Å². The van der Waals surface area contributed by atoms with Gasteiger partial charge in [0, 0.05) is 16.9 Å². The Kier molecular flexibility index (Phi) is 6.94. The van der Waals surface area contributed by atoms with Crippen molar-refractivity contribution >= 4 is 39.9 Å². The SMILES string of the molecule is C=CCSc1nnc(NC(=O)COc2ccc(C(=O)c3ccccc3)cc2)s1. The van der Waals surface area contributed by atoms with E-state index in [1.807, 2.05) is 18.2 Å². The monoisotopic (exact) mass is 411 g/mol. The Bertz CT molecular complexity index is 956. The second-order valence-electron chi connectivity index (χ2n) is 5.53. The van der Waals surface area contributed by atoms with E-state index >= 15 is 0 Å². The van der Waals surface area contributed by atoms with Gasteiger partial charge in [-0.1, -0.05) is 59.5 Å². The number of carbonyl (C=O) groups excluding carboxylic acids is 2. The lowest BCUT2D eigenvalue weighted by molar-refractivity contribution is -0.118. The first-order chi connectivity index (χ1) is 13.7. The topological polar surface area (TPSA) is 81.2 Å². The zero-order chi connectivity index (χ0) is 19.8. The van der Waals surface area contributed by atoms with Crippen LogP contribution < -0.4 is 10.1 Å². The molecule has 0 saturated heterocycles. The average molecular weight is 412 g/mol. The van der Waals surface area contributed by atoms with Crippen LogP contribution in [0.15, 0.2) is 71.6 Å². The van der Waals surface area contributed by atoms with Crippen LogP contribution in [-0.4, -0.2) is 34.2 Å². The largest absolute Gasteiger partial charge is 0.484 e. The zero-order valence-corrected chi connectivity index (χ0v) is 16.5. The van der Waals surface area contributed by atoms with Gasteiger partial charge in [-0.15, -0.1) is 16.8 Å². The van der Waals surface area contributed by atoms with Crippen molar-refractivity contribution < 1.29 is 14.3 Å². The molecule has 6 nitrogen and oxygen atoms in total. The van der Waals surface area contributed by atoms with Gasteiger partial charge < -0.3 is 4.74 Å². The number of amides is 1. The highest BCUT2D eigenvalue weighted by molar-refractivity contribution is 8.01. The Balaban J connectivity index is 1.50. The number of anilines is 1. The third-order valence-corrected chi connectivity index (χ3v) is 5.47. The Morgan fingerprint density at radius 1 is 1.07 bits per heavy atom. The fourth-order valence-corrected chi connectivity index (χ4v) is 3.74. The quantitative estimate of drug-likeness (QED) is 0.247. The van der Waals surface area contributed by atoms with E-state index in [-0.39, 0.29) is 18.3 Å². The number of rotatable bonds is 9. The van der Waals surface area contributed by atoms with Gasteiger partial charge in [0.2, 0.25) is 5.13 Å². The van der Waals surface area contributed by atoms with Crippen molar-refractivity contribution in [3.05, 3.63) is 78.4 Å². The van der Waals surface area contributed by atoms with E-state index in [2.05, 4.69) is 22.1 Å². The van der Waals surface area contributed by atoms with Crippen LogP contribution in [0.1, 0.15) is 15.9 Å². The molecule has 142 valence electrons. The summed E-state index contributed by atoms with van der Waals surface area (Å²) in [6.07, 6.45) is 1.77. The number of thioether (sulfide) groups is 1. The van der Waals surface area contributed by atoms with E-state index in [0.717, 1.165) is 10.1 Å². The van der Waals surface area contributed by atoms with Crippen LogP contribution in [0.25, 0.3) is 0 Å². The van der Waals surface area contributed by atoms with Crippen LogP contribution in [-0.2, 0) is 4.79 Å². The van der Waals surface area contributed by atoms with Crippen molar-refractivity contribution in [2.45, 2.75) is 4.34 Å². The number of benzene rings is 2. The third-order valence-electron chi connectivity index (χ3n) is 3.50. The molecule has 0 bridgehead atoms. The van der Waals surface area contributed by atoms with Gasteiger partial charge >= 0.3 is 0 Å².